The van der Waals surface area contributed by atoms with Crippen molar-refractivity contribution in [1.82, 2.24) is 16.0 Å². The lowest BCUT2D eigenvalue weighted by Gasteiger charge is -2.39. The maximum absolute atomic E-state index is 13.5. The van der Waals surface area contributed by atoms with Crippen LogP contribution in [-0.4, -0.2) is 59.1 Å². The fraction of sp³-hybridized carbons (Fsp3) is 0.561. The first kappa shape index (κ1) is 44.0. The van der Waals surface area contributed by atoms with Crippen LogP contribution in [0.15, 0.2) is 84.6 Å². The van der Waals surface area contributed by atoms with E-state index >= 15 is 0 Å². The van der Waals surface area contributed by atoms with E-state index in [2.05, 4.69) is 83.6 Å². The Morgan fingerprint density at radius 1 is 0.800 bits per heavy atom. The SMILES string of the molecule is CC/C=C\C/C=C\C/C=C\C/C=C\C/C=C\C/C=C\CCC(=O)N[C@H](C(=O)NC1CC(C(=O)O)=CC(OC(CC)CC)C1NC(C)=O)C(C)C. The van der Waals surface area contributed by atoms with Crippen LogP contribution < -0.4 is 16.0 Å². The number of nitrogens with one attached hydrogen (secondary N) is 3. The second-order valence-electron chi connectivity index (χ2n) is 12.8. The molecule has 278 valence electrons. The first-order chi connectivity index (χ1) is 24.0. The normalized spacial score (nSPS) is 19.1. The zero-order chi connectivity index (χ0) is 37.1. The number of hydrogen-bond donors (Lipinski definition) is 4. The fourth-order valence-electron chi connectivity index (χ4n) is 5.41. The van der Waals surface area contributed by atoms with Gasteiger partial charge in [0.25, 0.3) is 0 Å². The van der Waals surface area contributed by atoms with Crippen LogP contribution in [0.25, 0.3) is 0 Å². The van der Waals surface area contributed by atoms with E-state index in [1.165, 1.54) is 13.0 Å². The third-order valence-corrected chi connectivity index (χ3v) is 8.23. The van der Waals surface area contributed by atoms with Crippen LogP contribution in [0.5, 0.6) is 0 Å². The Balaban J connectivity index is 2.59. The van der Waals surface area contributed by atoms with Gasteiger partial charge in [0.15, 0.2) is 0 Å². The lowest BCUT2D eigenvalue weighted by Crippen LogP contribution is -2.62. The van der Waals surface area contributed by atoms with E-state index in [4.69, 9.17) is 4.74 Å². The Hall–Kier alpha value is -3.98. The highest BCUT2D eigenvalue weighted by molar-refractivity contribution is 5.89. The van der Waals surface area contributed by atoms with Crippen LogP contribution in [0, 0.1) is 5.92 Å². The van der Waals surface area contributed by atoms with Crippen LogP contribution in [0.2, 0.25) is 0 Å². The van der Waals surface area contributed by atoms with Crippen LogP contribution in [0.1, 0.15) is 112 Å². The third-order valence-electron chi connectivity index (χ3n) is 8.23. The van der Waals surface area contributed by atoms with Crippen LogP contribution in [0.4, 0.5) is 0 Å². The number of carbonyl (C=O) groups is 4. The summed E-state index contributed by atoms with van der Waals surface area (Å²) in [6.45, 7) is 11.1. The molecule has 1 rings (SSSR count). The minimum atomic E-state index is -1.10. The predicted molar refractivity (Wildman–Crippen MR) is 203 cm³/mol. The van der Waals surface area contributed by atoms with Crippen molar-refractivity contribution in [3.8, 4) is 0 Å². The monoisotopic (exact) mass is 693 g/mol. The van der Waals surface area contributed by atoms with E-state index in [0.717, 1.165) is 38.5 Å². The average molecular weight is 694 g/mol. The minimum Gasteiger partial charge on any atom is -0.478 e. The van der Waals surface area contributed by atoms with Gasteiger partial charge in [-0.1, -0.05) is 108 Å². The Bertz CT molecular complexity index is 1240. The third kappa shape index (κ3) is 19.3. The molecule has 4 N–H and O–H groups in total. The van der Waals surface area contributed by atoms with Crippen LogP contribution >= 0.6 is 0 Å². The van der Waals surface area contributed by atoms with Gasteiger partial charge in [0, 0.05) is 25.3 Å². The molecule has 9 nitrogen and oxygen atoms in total. The van der Waals surface area contributed by atoms with Gasteiger partial charge in [0.1, 0.15) is 6.04 Å². The lowest BCUT2D eigenvalue weighted by atomic mass is 9.87. The number of aliphatic carboxylic acids is 1. The molecular weight excluding hydrogens is 630 g/mol. The molecule has 0 heterocycles. The Labute approximate surface area is 301 Å². The summed E-state index contributed by atoms with van der Waals surface area (Å²) < 4.78 is 6.20. The molecule has 0 radical (unpaired) electrons. The summed E-state index contributed by atoms with van der Waals surface area (Å²) in [5, 5.41) is 18.4. The highest BCUT2D eigenvalue weighted by atomic mass is 16.5. The van der Waals surface area contributed by atoms with Gasteiger partial charge in [0.2, 0.25) is 17.7 Å². The summed E-state index contributed by atoms with van der Waals surface area (Å²) in [7, 11) is 0. The first-order valence-electron chi connectivity index (χ1n) is 18.4. The lowest BCUT2D eigenvalue weighted by molar-refractivity contribution is -0.134. The van der Waals surface area contributed by atoms with E-state index in [9.17, 15) is 24.3 Å². The van der Waals surface area contributed by atoms with Crippen LogP contribution in [-0.2, 0) is 23.9 Å². The van der Waals surface area contributed by atoms with Crippen molar-refractivity contribution in [2.24, 2.45) is 5.92 Å². The van der Waals surface area contributed by atoms with Gasteiger partial charge in [-0.2, -0.15) is 0 Å². The molecule has 0 spiro atoms. The topological polar surface area (TPSA) is 134 Å². The molecule has 1 aliphatic carbocycles. The second kappa shape index (κ2) is 26.8. The largest absolute Gasteiger partial charge is 0.478 e. The van der Waals surface area contributed by atoms with Gasteiger partial charge in [-0.25, -0.2) is 4.79 Å². The van der Waals surface area contributed by atoms with E-state index in [1.54, 1.807) is 0 Å². The molecule has 1 aliphatic rings. The van der Waals surface area contributed by atoms with Gasteiger partial charge in [-0.3, -0.25) is 14.4 Å². The maximum atomic E-state index is 13.5. The molecule has 50 heavy (non-hydrogen) atoms. The predicted octanol–water partition coefficient (Wildman–Crippen LogP) is 7.58. The number of allylic oxidation sites excluding steroid dienone is 12. The van der Waals surface area contributed by atoms with Gasteiger partial charge in [0.05, 0.1) is 24.3 Å². The molecule has 0 aromatic rings. The Kier molecular flexibility index (Phi) is 23.6. The van der Waals surface area contributed by atoms with E-state index in [0.29, 0.717) is 19.3 Å². The molecule has 0 bridgehead atoms. The molecule has 9 heteroatoms. The first-order valence-corrected chi connectivity index (χ1v) is 18.4. The summed E-state index contributed by atoms with van der Waals surface area (Å²) in [5.41, 5.74) is 0.106. The van der Waals surface area contributed by atoms with Gasteiger partial charge < -0.3 is 25.8 Å². The molecule has 3 amide bonds. The summed E-state index contributed by atoms with van der Waals surface area (Å²) in [4.78, 5) is 50.4. The van der Waals surface area contributed by atoms with Gasteiger partial charge >= 0.3 is 5.97 Å². The van der Waals surface area contributed by atoms with Crippen molar-refractivity contribution in [2.45, 2.75) is 143 Å². The molecule has 4 atom stereocenters. The quantitative estimate of drug-likeness (QED) is 0.0771. The zero-order valence-electron chi connectivity index (χ0n) is 31.2. The zero-order valence-corrected chi connectivity index (χ0v) is 31.2. The highest BCUT2D eigenvalue weighted by Gasteiger charge is 2.39. The summed E-state index contributed by atoms with van der Waals surface area (Å²) in [5.74, 6) is -2.33. The van der Waals surface area contributed by atoms with Crippen molar-refractivity contribution < 1.29 is 29.0 Å². The van der Waals surface area contributed by atoms with Gasteiger partial charge in [-0.15, -0.1) is 0 Å². The van der Waals surface area contributed by atoms with E-state index in [-0.39, 0.29) is 42.3 Å². The van der Waals surface area contributed by atoms with E-state index in [1.807, 2.05) is 39.8 Å². The molecule has 0 aromatic carbocycles. The number of ether oxygens (including phenoxy) is 1. The van der Waals surface area contributed by atoms with Crippen molar-refractivity contribution in [1.29, 1.82) is 0 Å². The van der Waals surface area contributed by atoms with Crippen molar-refractivity contribution in [2.75, 3.05) is 0 Å². The number of hydrogen-bond acceptors (Lipinski definition) is 5. The Morgan fingerprint density at radius 3 is 1.74 bits per heavy atom. The van der Waals surface area contributed by atoms with Crippen LogP contribution in [0.3, 0.4) is 0 Å². The Morgan fingerprint density at radius 2 is 1.30 bits per heavy atom. The number of carboxylic acid groups (broad SMARTS) is 1. The maximum Gasteiger partial charge on any atom is 0.331 e. The van der Waals surface area contributed by atoms with E-state index < -0.39 is 36.1 Å². The number of rotatable bonds is 24. The number of amides is 3. The number of carbonyl (C=O) groups excluding carboxylic acids is 3. The average Bonchev–Trinajstić information content (AvgIpc) is 3.07. The number of carboxylic acids is 1. The molecule has 0 saturated heterocycles. The fourth-order valence-corrected chi connectivity index (χ4v) is 5.41. The summed E-state index contributed by atoms with van der Waals surface area (Å²) in [6, 6.07) is -2.24. The minimum absolute atomic E-state index is 0.0102. The molecule has 0 saturated carbocycles. The smallest absolute Gasteiger partial charge is 0.331 e. The van der Waals surface area contributed by atoms with Crippen molar-refractivity contribution in [3.63, 3.8) is 0 Å². The molecule has 0 aromatic heterocycles. The highest BCUT2D eigenvalue weighted by Crippen LogP contribution is 2.25. The van der Waals surface area contributed by atoms with Gasteiger partial charge in [-0.05, 0) is 69.8 Å². The molecular formula is C41H63N3O6. The second-order valence-corrected chi connectivity index (χ2v) is 12.8. The van der Waals surface area contributed by atoms with Crippen molar-refractivity contribution in [3.05, 3.63) is 84.6 Å². The summed E-state index contributed by atoms with van der Waals surface area (Å²) in [6.07, 6.45) is 34.1. The standard InChI is InChI=1S/C41H63N3O6/c1-7-10-11-12-13-14-15-16-17-18-19-20-21-22-23-24-25-26-27-28-37(46)44-38(31(4)5)40(47)43-35-29-33(41(48)49)30-36(39(35)42-32(6)45)50-34(8-2)9-3/h10-11,13-14,16-17,19-20,22-23,25-26,30-31,34-36,38-39H,7-9,12,15,18,21,24,27-29H2,1-6H3,(H,42,45)(H,43,47)(H,44,46)(H,48,49)/b11-10-,14-13-,17-16-,20-19-,23-22-,26-25-/t35?,36?,38-,39?/m0/s1. The molecule has 0 fully saturated rings. The molecule has 0 aliphatic heterocycles. The molecule has 3 unspecified atom stereocenters. The summed E-state index contributed by atoms with van der Waals surface area (Å²) >= 11 is 0. The van der Waals surface area contributed by atoms with Crippen molar-refractivity contribution >= 4 is 23.7 Å².